The van der Waals surface area contributed by atoms with Gasteiger partial charge in [-0.15, -0.1) is 0 Å². The van der Waals surface area contributed by atoms with Gasteiger partial charge >= 0.3 is 5.97 Å². The summed E-state index contributed by atoms with van der Waals surface area (Å²) in [6.45, 7) is 4.23. The number of nitrogens with one attached hydrogen (secondary N) is 1. The molecule has 1 aromatic rings. The predicted octanol–water partition coefficient (Wildman–Crippen LogP) is 2.93. The van der Waals surface area contributed by atoms with Gasteiger partial charge in [-0.3, -0.25) is 0 Å². The lowest BCUT2D eigenvalue weighted by atomic mass is 9.64. The Morgan fingerprint density at radius 2 is 2.10 bits per heavy atom. The third kappa shape index (κ3) is 2.80. The fourth-order valence-corrected chi connectivity index (χ4v) is 3.03. The minimum Gasteiger partial charge on any atom is -0.465 e. The van der Waals surface area contributed by atoms with Crippen molar-refractivity contribution in [2.75, 3.05) is 25.3 Å². The van der Waals surface area contributed by atoms with Crippen molar-refractivity contribution in [3.8, 4) is 0 Å². The van der Waals surface area contributed by atoms with Crippen molar-refractivity contribution in [1.82, 2.24) is 0 Å². The van der Waals surface area contributed by atoms with E-state index in [0.29, 0.717) is 22.0 Å². The molecule has 21 heavy (non-hydrogen) atoms. The number of ether oxygens (including phenoxy) is 2. The number of benzene rings is 1. The largest absolute Gasteiger partial charge is 0.465 e. The van der Waals surface area contributed by atoms with Gasteiger partial charge in [-0.05, 0) is 18.6 Å². The molecule has 2 rings (SSSR count). The van der Waals surface area contributed by atoms with E-state index >= 15 is 0 Å². The Morgan fingerprint density at radius 1 is 1.43 bits per heavy atom. The molecule has 6 heteroatoms. The molecule has 0 radical (unpaired) electrons. The first kappa shape index (κ1) is 15.9. The van der Waals surface area contributed by atoms with Crippen LogP contribution in [0.25, 0.3) is 0 Å². The Bertz CT molecular complexity index is 560. The van der Waals surface area contributed by atoms with Crippen LogP contribution in [0.2, 0.25) is 5.02 Å². The molecule has 1 aliphatic rings. The highest BCUT2D eigenvalue weighted by atomic mass is 35.5. The summed E-state index contributed by atoms with van der Waals surface area (Å²) in [5.74, 6) is -0.466. The zero-order valence-electron chi connectivity index (χ0n) is 12.7. The maximum Gasteiger partial charge on any atom is 0.340 e. The quantitative estimate of drug-likeness (QED) is 0.660. The summed E-state index contributed by atoms with van der Waals surface area (Å²) in [5, 5.41) is 3.75. The minimum absolute atomic E-state index is 0.0488. The molecule has 0 heterocycles. The van der Waals surface area contributed by atoms with Crippen molar-refractivity contribution in [3.05, 3.63) is 22.7 Å². The van der Waals surface area contributed by atoms with Gasteiger partial charge in [-0.2, -0.15) is 0 Å². The van der Waals surface area contributed by atoms with E-state index in [2.05, 4.69) is 19.2 Å². The fourth-order valence-electron chi connectivity index (χ4n) is 2.75. The van der Waals surface area contributed by atoms with Crippen LogP contribution in [0.1, 0.15) is 30.6 Å². The average molecular weight is 313 g/mol. The first-order valence-electron chi connectivity index (χ1n) is 6.78. The summed E-state index contributed by atoms with van der Waals surface area (Å²) in [6, 6.07) is 3.35. The van der Waals surface area contributed by atoms with E-state index in [4.69, 9.17) is 26.8 Å². The van der Waals surface area contributed by atoms with Gasteiger partial charge in [0.15, 0.2) is 0 Å². The van der Waals surface area contributed by atoms with Gasteiger partial charge in [0.2, 0.25) is 0 Å². The number of halogens is 1. The molecule has 0 spiro atoms. The molecule has 1 saturated carbocycles. The van der Waals surface area contributed by atoms with E-state index in [0.717, 1.165) is 6.42 Å². The maximum atomic E-state index is 11.9. The van der Waals surface area contributed by atoms with E-state index in [1.54, 1.807) is 19.2 Å². The van der Waals surface area contributed by atoms with Gasteiger partial charge < -0.3 is 20.5 Å². The average Bonchev–Trinajstić information content (AvgIpc) is 2.43. The lowest BCUT2D eigenvalue weighted by molar-refractivity contribution is -0.0794. The fraction of sp³-hybridized carbons (Fsp3) is 0.533. The maximum absolute atomic E-state index is 11.9. The summed E-state index contributed by atoms with van der Waals surface area (Å²) in [6.07, 6.45) is 1.04. The van der Waals surface area contributed by atoms with Crippen molar-refractivity contribution in [3.63, 3.8) is 0 Å². The number of methoxy groups -OCH3 is 2. The van der Waals surface area contributed by atoms with Crippen LogP contribution in [0.3, 0.4) is 0 Å². The summed E-state index contributed by atoms with van der Waals surface area (Å²) in [4.78, 5) is 11.9. The summed E-state index contributed by atoms with van der Waals surface area (Å²) < 4.78 is 10.2. The van der Waals surface area contributed by atoms with Crippen molar-refractivity contribution >= 4 is 28.9 Å². The lowest BCUT2D eigenvalue weighted by Crippen LogP contribution is -2.57. The first-order chi connectivity index (χ1) is 9.81. The van der Waals surface area contributed by atoms with Crippen molar-refractivity contribution in [2.24, 2.45) is 5.41 Å². The van der Waals surface area contributed by atoms with Gasteiger partial charge in [0.25, 0.3) is 0 Å². The third-order valence-corrected chi connectivity index (χ3v) is 4.60. The Hall–Kier alpha value is -1.46. The molecule has 0 aliphatic heterocycles. The second-order valence-electron chi connectivity index (χ2n) is 5.90. The molecular weight excluding hydrogens is 292 g/mol. The third-order valence-electron chi connectivity index (χ3n) is 4.30. The zero-order chi connectivity index (χ0) is 15.8. The van der Waals surface area contributed by atoms with E-state index in [1.165, 1.54) is 7.11 Å². The molecule has 1 fully saturated rings. The number of anilines is 2. The standard InChI is InChI=1S/C15H21ClN2O3/c1-15(2)11(7-12(15)20-3)18-13-9(14(19)21-4)5-8(17)6-10(13)16/h5-6,11-12,18H,7,17H2,1-4H3. The van der Waals surface area contributed by atoms with Crippen LogP contribution in [-0.4, -0.2) is 32.3 Å². The molecule has 0 amide bonds. The van der Waals surface area contributed by atoms with Crippen LogP contribution in [0.15, 0.2) is 12.1 Å². The number of carbonyl (C=O) groups is 1. The summed E-state index contributed by atoms with van der Waals surface area (Å²) >= 11 is 6.24. The van der Waals surface area contributed by atoms with E-state index in [9.17, 15) is 4.79 Å². The van der Waals surface area contributed by atoms with Gasteiger partial charge in [-0.25, -0.2) is 4.79 Å². The highest BCUT2D eigenvalue weighted by Gasteiger charge is 2.49. The molecule has 116 valence electrons. The Morgan fingerprint density at radius 3 is 2.62 bits per heavy atom. The SMILES string of the molecule is COC(=O)c1cc(N)cc(Cl)c1NC1CC(OC)C1(C)C. The Balaban J connectivity index is 2.30. The Kier molecular flexibility index (Phi) is 4.35. The van der Waals surface area contributed by atoms with E-state index in [1.807, 2.05) is 0 Å². The monoisotopic (exact) mass is 312 g/mol. The van der Waals surface area contributed by atoms with E-state index < -0.39 is 5.97 Å². The van der Waals surface area contributed by atoms with Crippen LogP contribution in [0.4, 0.5) is 11.4 Å². The van der Waals surface area contributed by atoms with Crippen LogP contribution < -0.4 is 11.1 Å². The van der Waals surface area contributed by atoms with Gasteiger partial charge in [0.1, 0.15) is 0 Å². The number of hydrogen-bond acceptors (Lipinski definition) is 5. The van der Waals surface area contributed by atoms with Crippen LogP contribution in [0.5, 0.6) is 0 Å². The predicted molar refractivity (Wildman–Crippen MR) is 83.8 cm³/mol. The smallest absolute Gasteiger partial charge is 0.340 e. The van der Waals surface area contributed by atoms with Crippen molar-refractivity contribution in [1.29, 1.82) is 0 Å². The van der Waals surface area contributed by atoms with Crippen molar-refractivity contribution < 1.29 is 14.3 Å². The van der Waals surface area contributed by atoms with Crippen molar-refractivity contribution in [2.45, 2.75) is 32.4 Å². The number of nitrogens with two attached hydrogens (primary N) is 1. The molecule has 3 N–H and O–H groups in total. The number of carbonyl (C=O) groups excluding carboxylic acids is 1. The number of esters is 1. The van der Waals surface area contributed by atoms with E-state index in [-0.39, 0.29) is 17.6 Å². The molecule has 1 aromatic carbocycles. The van der Waals surface area contributed by atoms with Gasteiger partial charge in [0.05, 0.1) is 29.5 Å². The van der Waals surface area contributed by atoms with Crippen LogP contribution in [0, 0.1) is 5.41 Å². The first-order valence-corrected chi connectivity index (χ1v) is 7.15. The minimum atomic E-state index is -0.466. The molecular formula is C15H21ClN2O3. The molecule has 1 aliphatic carbocycles. The topological polar surface area (TPSA) is 73.6 Å². The molecule has 0 bridgehead atoms. The summed E-state index contributed by atoms with van der Waals surface area (Å²) in [7, 11) is 3.04. The molecule has 0 aromatic heterocycles. The zero-order valence-corrected chi connectivity index (χ0v) is 13.5. The lowest BCUT2D eigenvalue weighted by Gasteiger charge is -2.51. The number of nitrogen functional groups attached to an aromatic ring is 1. The molecule has 5 nitrogen and oxygen atoms in total. The highest BCUT2D eigenvalue weighted by molar-refractivity contribution is 6.34. The summed E-state index contributed by atoms with van der Waals surface area (Å²) in [5.41, 5.74) is 7.04. The van der Waals surface area contributed by atoms with Crippen LogP contribution in [-0.2, 0) is 9.47 Å². The second-order valence-corrected chi connectivity index (χ2v) is 6.30. The normalized spacial score (nSPS) is 23.3. The Labute approximate surface area is 129 Å². The number of hydrogen-bond donors (Lipinski definition) is 2. The molecule has 2 unspecified atom stereocenters. The molecule has 0 saturated heterocycles. The number of rotatable bonds is 4. The second kappa shape index (κ2) is 5.73. The highest BCUT2D eigenvalue weighted by Crippen LogP contribution is 2.45. The molecule has 2 atom stereocenters. The van der Waals surface area contributed by atoms with Gasteiger partial charge in [0, 0.05) is 24.3 Å². The van der Waals surface area contributed by atoms with Gasteiger partial charge in [-0.1, -0.05) is 25.4 Å². The van der Waals surface area contributed by atoms with Crippen LogP contribution >= 0.6 is 11.6 Å².